The number of nitrogens with zero attached hydrogens (tertiary/aromatic N) is 3. The van der Waals surface area contributed by atoms with Crippen molar-refractivity contribution in [3.8, 4) is 0 Å². The topological polar surface area (TPSA) is 38.1 Å². The van der Waals surface area contributed by atoms with Gasteiger partial charge >= 0.3 is 0 Å². The first-order valence-corrected chi connectivity index (χ1v) is 7.91. The van der Waals surface area contributed by atoms with Gasteiger partial charge in [-0.1, -0.05) is 13.8 Å². The van der Waals surface area contributed by atoms with Crippen molar-refractivity contribution in [2.24, 2.45) is 7.05 Å². The number of aryl methyl sites for hydroxylation is 1. The van der Waals surface area contributed by atoms with Crippen LogP contribution in [0.5, 0.6) is 0 Å². The number of fused-ring (bicyclic) bond motifs is 1. The first-order valence-electron chi connectivity index (χ1n) is 7.09. The van der Waals surface area contributed by atoms with Crippen molar-refractivity contribution in [3.05, 3.63) is 16.6 Å². The summed E-state index contributed by atoms with van der Waals surface area (Å²) in [5.74, 6) is 0.536. The summed E-state index contributed by atoms with van der Waals surface area (Å²) in [6.07, 6.45) is 1.09. The van der Waals surface area contributed by atoms with Gasteiger partial charge in [-0.25, -0.2) is 0 Å². The Hall–Kier alpha value is -1.36. The highest BCUT2D eigenvalue weighted by Crippen LogP contribution is 2.36. The van der Waals surface area contributed by atoms with Crippen LogP contribution in [0.3, 0.4) is 0 Å². The van der Waals surface area contributed by atoms with Crippen molar-refractivity contribution >= 4 is 27.5 Å². The Bertz CT molecular complexity index is 681. The van der Waals surface area contributed by atoms with E-state index >= 15 is 0 Å². The largest absolute Gasteiger partial charge is 0.333 e. The third-order valence-electron chi connectivity index (χ3n) is 4.22. The van der Waals surface area contributed by atoms with Gasteiger partial charge in [0.25, 0.3) is 5.91 Å². The van der Waals surface area contributed by atoms with Crippen LogP contribution in [0.4, 0.5) is 0 Å². The summed E-state index contributed by atoms with van der Waals surface area (Å²) >= 11 is 1.56. The van der Waals surface area contributed by atoms with E-state index in [2.05, 4.69) is 32.8 Å². The van der Waals surface area contributed by atoms with E-state index in [0.29, 0.717) is 5.92 Å². The van der Waals surface area contributed by atoms with Crippen LogP contribution in [0.2, 0.25) is 0 Å². The second-order valence-corrected chi connectivity index (χ2v) is 7.54. The van der Waals surface area contributed by atoms with Crippen molar-refractivity contribution < 1.29 is 4.79 Å². The molecule has 2 aromatic heterocycles. The zero-order valence-electron chi connectivity index (χ0n) is 12.7. The van der Waals surface area contributed by atoms with Crippen LogP contribution in [0.15, 0.2) is 6.07 Å². The lowest BCUT2D eigenvalue weighted by Crippen LogP contribution is -2.58. The predicted octanol–water partition coefficient (Wildman–Crippen LogP) is 3.38. The van der Waals surface area contributed by atoms with Crippen LogP contribution < -0.4 is 0 Å². The molecule has 1 fully saturated rings. The van der Waals surface area contributed by atoms with E-state index in [1.54, 1.807) is 11.3 Å². The number of carbonyl (C=O) groups is 1. The molecule has 0 aromatic carbocycles. The molecule has 4 nitrogen and oxygen atoms in total. The molecule has 2 aromatic rings. The van der Waals surface area contributed by atoms with Crippen LogP contribution in [-0.4, -0.2) is 32.7 Å². The van der Waals surface area contributed by atoms with Crippen LogP contribution in [0.25, 0.3) is 10.2 Å². The minimum Gasteiger partial charge on any atom is -0.333 e. The fraction of sp³-hybridized carbons (Fsp3) is 0.600. The average molecular weight is 291 g/mol. The van der Waals surface area contributed by atoms with Crippen molar-refractivity contribution in [2.45, 2.75) is 45.6 Å². The summed E-state index contributed by atoms with van der Waals surface area (Å²) < 4.78 is 1.90. The SMILES string of the molecule is CC(C)c1nn(C)c2sc(C(=O)N3CCC3(C)C)cc12. The van der Waals surface area contributed by atoms with E-state index in [-0.39, 0.29) is 11.4 Å². The first-order chi connectivity index (χ1) is 9.31. The average Bonchev–Trinajstić information content (AvgIpc) is 2.89. The summed E-state index contributed by atoms with van der Waals surface area (Å²) in [6, 6.07) is 2.03. The fourth-order valence-electron chi connectivity index (χ4n) is 2.78. The van der Waals surface area contributed by atoms with Gasteiger partial charge in [0.2, 0.25) is 0 Å². The summed E-state index contributed by atoms with van der Waals surface area (Å²) in [5, 5.41) is 5.69. The molecule has 3 rings (SSSR count). The minimum atomic E-state index is 0.00634. The molecule has 0 aliphatic carbocycles. The van der Waals surface area contributed by atoms with Crippen molar-refractivity contribution in [3.63, 3.8) is 0 Å². The molecule has 1 amide bonds. The second-order valence-electron chi connectivity index (χ2n) is 6.51. The Labute approximate surface area is 123 Å². The lowest BCUT2D eigenvalue weighted by atomic mass is 9.89. The number of amides is 1. The molecule has 0 N–H and O–H groups in total. The highest BCUT2D eigenvalue weighted by atomic mass is 32.1. The van der Waals surface area contributed by atoms with E-state index in [1.807, 2.05) is 22.7 Å². The zero-order chi connectivity index (χ0) is 14.7. The molecular weight excluding hydrogens is 270 g/mol. The normalized spacial score (nSPS) is 17.8. The summed E-state index contributed by atoms with van der Waals surface area (Å²) in [5.41, 5.74) is 1.09. The minimum absolute atomic E-state index is 0.00634. The highest BCUT2D eigenvalue weighted by molar-refractivity contribution is 7.20. The molecule has 20 heavy (non-hydrogen) atoms. The monoisotopic (exact) mass is 291 g/mol. The maximum absolute atomic E-state index is 12.6. The molecule has 5 heteroatoms. The lowest BCUT2D eigenvalue weighted by Gasteiger charge is -2.48. The zero-order valence-corrected chi connectivity index (χ0v) is 13.5. The number of hydrogen-bond acceptors (Lipinski definition) is 3. The van der Waals surface area contributed by atoms with Crippen LogP contribution in [0, 0.1) is 0 Å². The Morgan fingerprint density at radius 1 is 1.45 bits per heavy atom. The number of hydrogen-bond donors (Lipinski definition) is 0. The predicted molar refractivity (Wildman–Crippen MR) is 82.4 cm³/mol. The van der Waals surface area contributed by atoms with E-state index in [1.165, 1.54) is 0 Å². The number of aromatic nitrogens is 2. The summed E-state index contributed by atoms with van der Waals surface area (Å²) in [7, 11) is 1.95. The quantitative estimate of drug-likeness (QED) is 0.850. The van der Waals surface area contributed by atoms with Crippen molar-refractivity contribution in [1.82, 2.24) is 14.7 Å². The number of rotatable bonds is 2. The van der Waals surface area contributed by atoms with E-state index in [9.17, 15) is 4.79 Å². The number of likely N-dealkylation sites (tertiary alicyclic amines) is 1. The Morgan fingerprint density at radius 2 is 2.15 bits per heavy atom. The number of carbonyl (C=O) groups excluding carboxylic acids is 1. The molecule has 1 aliphatic heterocycles. The summed E-state index contributed by atoms with van der Waals surface area (Å²) in [4.78, 5) is 16.5. The number of thiophene rings is 1. The fourth-order valence-corrected chi connectivity index (χ4v) is 3.81. The Balaban J connectivity index is 2.01. The molecule has 0 saturated carbocycles. The van der Waals surface area contributed by atoms with Crippen LogP contribution >= 0.6 is 11.3 Å². The van der Waals surface area contributed by atoms with Gasteiger partial charge in [0.05, 0.1) is 10.6 Å². The van der Waals surface area contributed by atoms with Gasteiger partial charge < -0.3 is 4.90 Å². The van der Waals surface area contributed by atoms with Gasteiger partial charge in [-0.3, -0.25) is 9.48 Å². The van der Waals surface area contributed by atoms with E-state index in [0.717, 1.165) is 33.8 Å². The molecule has 108 valence electrons. The molecule has 0 radical (unpaired) electrons. The smallest absolute Gasteiger partial charge is 0.264 e. The molecular formula is C15H21N3OS. The molecule has 3 heterocycles. The van der Waals surface area contributed by atoms with Gasteiger partial charge in [0.15, 0.2) is 0 Å². The molecule has 0 atom stereocenters. The van der Waals surface area contributed by atoms with Crippen molar-refractivity contribution in [1.29, 1.82) is 0 Å². The van der Waals surface area contributed by atoms with Crippen LogP contribution in [-0.2, 0) is 7.05 Å². The third kappa shape index (κ3) is 1.87. The highest BCUT2D eigenvalue weighted by Gasteiger charge is 2.40. The molecule has 0 bridgehead atoms. The molecule has 1 saturated heterocycles. The standard InChI is InChI=1S/C15H21N3OS/c1-9(2)12-10-8-11(20-14(10)17(5)16-12)13(19)18-7-6-15(18,3)4/h8-9H,6-7H2,1-5H3. The van der Waals surface area contributed by atoms with Gasteiger partial charge in [0, 0.05) is 24.5 Å². The third-order valence-corrected chi connectivity index (χ3v) is 5.41. The molecule has 0 unspecified atom stereocenters. The molecule has 1 aliphatic rings. The second kappa shape index (κ2) is 4.32. The van der Waals surface area contributed by atoms with Gasteiger partial charge in [0.1, 0.15) is 4.83 Å². The Morgan fingerprint density at radius 3 is 2.65 bits per heavy atom. The van der Waals surface area contributed by atoms with Crippen molar-refractivity contribution in [2.75, 3.05) is 6.54 Å². The van der Waals surface area contributed by atoms with Crippen LogP contribution in [0.1, 0.15) is 55.4 Å². The molecule has 0 spiro atoms. The van der Waals surface area contributed by atoms with Gasteiger partial charge in [-0.2, -0.15) is 5.10 Å². The van der Waals surface area contributed by atoms with E-state index < -0.39 is 0 Å². The Kier molecular flexibility index (Phi) is 2.94. The lowest BCUT2D eigenvalue weighted by molar-refractivity contribution is 0.0162. The summed E-state index contributed by atoms with van der Waals surface area (Å²) in [6.45, 7) is 9.40. The van der Waals surface area contributed by atoms with E-state index in [4.69, 9.17) is 0 Å². The van der Waals surface area contributed by atoms with Gasteiger partial charge in [-0.15, -0.1) is 11.3 Å². The maximum Gasteiger partial charge on any atom is 0.264 e. The first kappa shape index (κ1) is 13.6. The van der Waals surface area contributed by atoms with Gasteiger partial charge in [-0.05, 0) is 32.3 Å². The maximum atomic E-state index is 12.6.